The summed E-state index contributed by atoms with van der Waals surface area (Å²) in [6.07, 6.45) is 3.02. The van der Waals surface area contributed by atoms with E-state index in [1.54, 1.807) is 14.2 Å². The molecular formula is C20H24N4O2. The summed E-state index contributed by atoms with van der Waals surface area (Å²) in [5, 5.41) is 4.33. The molecular weight excluding hydrogens is 328 g/mol. The van der Waals surface area contributed by atoms with Gasteiger partial charge >= 0.3 is 0 Å². The minimum Gasteiger partial charge on any atom is -0.493 e. The Balaban J connectivity index is 1.54. The lowest BCUT2D eigenvalue weighted by molar-refractivity contribution is 0.355. The number of hydrogen-bond acceptors (Lipinski definition) is 3. The Bertz CT molecular complexity index is 902. The number of fused-ring (bicyclic) bond motifs is 1. The number of methoxy groups -OCH3 is 2. The van der Waals surface area contributed by atoms with E-state index in [0.717, 1.165) is 18.7 Å². The molecule has 0 aliphatic rings. The Morgan fingerprint density at radius 3 is 2.69 bits per heavy atom. The maximum absolute atomic E-state index is 5.98. The molecule has 0 fully saturated rings. The van der Waals surface area contributed by atoms with Gasteiger partial charge in [0.1, 0.15) is 0 Å². The molecule has 6 nitrogen and oxygen atoms in total. The molecule has 0 aliphatic carbocycles. The van der Waals surface area contributed by atoms with Gasteiger partial charge in [0.05, 0.1) is 14.2 Å². The van der Waals surface area contributed by atoms with Gasteiger partial charge in [0.25, 0.3) is 0 Å². The maximum Gasteiger partial charge on any atom is 0.193 e. The van der Waals surface area contributed by atoms with Gasteiger partial charge in [-0.2, -0.15) is 0 Å². The average molecular weight is 352 g/mol. The highest BCUT2D eigenvalue weighted by Crippen LogP contribution is 2.29. The number of aliphatic imine (C=N–C) groups is 1. The van der Waals surface area contributed by atoms with Crippen LogP contribution in [-0.2, 0) is 6.54 Å². The molecule has 3 rings (SSSR count). The molecule has 3 N–H and O–H groups in total. The number of nitrogens with zero attached hydrogens (tertiary/aromatic N) is 2. The average Bonchev–Trinajstić information content (AvgIpc) is 3.08. The number of rotatable bonds is 7. The molecule has 0 atom stereocenters. The maximum atomic E-state index is 5.98. The Morgan fingerprint density at radius 2 is 1.88 bits per heavy atom. The second-order valence-corrected chi connectivity index (χ2v) is 5.88. The third-order valence-corrected chi connectivity index (χ3v) is 4.18. The van der Waals surface area contributed by atoms with Gasteiger partial charge in [-0.25, -0.2) is 0 Å². The van der Waals surface area contributed by atoms with Crippen LogP contribution < -0.4 is 20.5 Å². The quantitative estimate of drug-likeness (QED) is 0.388. The number of nitrogens with two attached hydrogens (primary N) is 1. The van der Waals surface area contributed by atoms with Crippen LogP contribution in [0.25, 0.3) is 10.9 Å². The van der Waals surface area contributed by atoms with Crippen molar-refractivity contribution in [2.75, 3.05) is 26.1 Å². The van der Waals surface area contributed by atoms with Crippen LogP contribution in [0.2, 0.25) is 0 Å². The topological polar surface area (TPSA) is 73.8 Å². The van der Waals surface area contributed by atoms with Crippen LogP contribution in [0, 0.1) is 0 Å². The second kappa shape index (κ2) is 8.29. The van der Waals surface area contributed by atoms with Gasteiger partial charge in [-0.1, -0.05) is 18.2 Å². The van der Waals surface area contributed by atoms with Gasteiger partial charge in [-0.3, -0.25) is 4.99 Å². The molecule has 0 saturated heterocycles. The van der Waals surface area contributed by atoms with Crippen LogP contribution >= 0.6 is 0 Å². The van der Waals surface area contributed by atoms with Crippen LogP contribution in [0.5, 0.6) is 11.5 Å². The van der Waals surface area contributed by atoms with E-state index in [2.05, 4.69) is 51.4 Å². The van der Waals surface area contributed by atoms with E-state index in [-0.39, 0.29) is 0 Å². The summed E-state index contributed by atoms with van der Waals surface area (Å²) in [5.41, 5.74) is 8.03. The largest absolute Gasteiger partial charge is 0.493 e. The van der Waals surface area contributed by atoms with Crippen molar-refractivity contribution in [1.82, 2.24) is 4.57 Å². The van der Waals surface area contributed by atoms with Crippen molar-refractivity contribution >= 4 is 22.5 Å². The summed E-state index contributed by atoms with van der Waals surface area (Å²) >= 11 is 0. The number of ether oxygens (including phenoxy) is 2. The molecule has 2 aromatic carbocycles. The van der Waals surface area contributed by atoms with E-state index in [0.29, 0.717) is 24.0 Å². The zero-order valence-corrected chi connectivity index (χ0v) is 15.1. The van der Waals surface area contributed by atoms with E-state index >= 15 is 0 Å². The van der Waals surface area contributed by atoms with Crippen molar-refractivity contribution in [2.45, 2.75) is 13.0 Å². The molecule has 0 aliphatic heterocycles. The first kappa shape index (κ1) is 17.7. The highest BCUT2D eigenvalue weighted by molar-refractivity contribution is 5.92. The molecule has 136 valence electrons. The summed E-state index contributed by atoms with van der Waals surface area (Å²) in [7, 11) is 3.21. The lowest BCUT2D eigenvalue weighted by Gasteiger charge is -2.11. The molecule has 1 heterocycles. The fraction of sp³-hybridized carbons (Fsp3) is 0.250. The fourth-order valence-electron chi connectivity index (χ4n) is 2.88. The first-order valence-corrected chi connectivity index (χ1v) is 8.54. The smallest absolute Gasteiger partial charge is 0.193 e. The number of benzene rings is 2. The lowest BCUT2D eigenvalue weighted by atomic mass is 10.2. The van der Waals surface area contributed by atoms with E-state index < -0.39 is 0 Å². The normalized spacial score (nSPS) is 11.5. The number of para-hydroxylation sites is 1. The highest BCUT2D eigenvalue weighted by Gasteiger charge is 2.05. The van der Waals surface area contributed by atoms with E-state index in [1.807, 2.05) is 18.2 Å². The van der Waals surface area contributed by atoms with Crippen LogP contribution in [0.15, 0.2) is 59.7 Å². The first-order chi connectivity index (χ1) is 12.7. The van der Waals surface area contributed by atoms with Gasteiger partial charge in [-0.05, 0) is 36.1 Å². The predicted octanol–water partition coefficient (Wildman–Crippen LogP) is 3.48. The van der Waals surface area contributed by atoms with Crippen LogP contribution in [-0.4, -0.2) is 31.3 Å². The number of aromatic nitrogens is 1. The highest BCUT2D eigenvalue weighted by atomic mass is 16.5. The number of hydrogen-bond donors (Lipinski definition) is 2. The van der Waals surface area contributed by atoms with Crippen molar-refractivity contribution in [1.29, 1.82) is 0 Å². The summed E-state index contributed by atoms with van der Waals surface area (Å²) in [6.45, 7) is 1.55. The number of nitrogens with one attached hydrogen (secondary N) is 1. The van der Waals surface area contributed by atoms with Gasteiger partial charge in [0, 0.05) is 36.6 Å². The summed E-state index contributed by atoms with van der Waals surface area (Å²) in [4.78, 5) is 4.39. The Kier molecular flexibility index (Phi) is 5.63. The second-order valence-electron chi connectivity index (χ2n) is 5.88. The van der Waals surface area contributed by atoms with Crippen molar-refractivity contribution in [3.63, 3.8) is 0 Å². The third-order valence-electron chi connectivity index (χ3n) is 4.18. The molecule has 0 spiro atoms. The summed E-state index contributed by atoms with van der Waals surface area (Å²) in [5.74, 6) is 1.70. The number of guanidine groups is 1. The molecule has 0 saturated carbocycles. The van der Waals surface area contributed by atoms with Gasteiger partial charge < -0.3 is 25.1 Å². The summed E-state index contributed by atoms with van der Waals surface area (Å²) in [6, 6.07) is 16.0. The van der Waals surface area contributed by atoms with E-state index in [1.165, 1.54) is 10.9 Å². The van der Waals surface area contributed by atoms with Gasteiger partial charge in [0.2, 0.25) is 0 Å². The summed E-state index contributed by atoms with van der Waals surface area (Å²) < 4.78 is 12.7. The van der Waals surface area contributed by atoms with Crippen molar-refractivity contribution in [3.8, 4) is 11.5 Å². The minimum absolute atomic E-state index is 0.384. The Morgan fingerprint density at radius 1 is 1.08 bits per heavy atom. The molecule has 0 amide bonds. The van der Waals surface area contributed by atoms with Crippen molar-refractivity contribution < 1.29 is 9.47 Å². The van der Waals surface area contributed by atoms with Crippen LogP contribution in [0.4, 0.5) is 5.69 Å². The zero-order chi connectivity index (χ0) is 18.4. The van der Waals surface area contributed by atoms with E-state index in [4.69, 9.17) is 15.2 Å². The lowest BCUT2D eigenvalue weighted by Crippen LogP contribution is -2.23. The monoisotopic (exact) mass is 352 g/mol. The SMILES string of the molecule is COc1ccc(NC(N)=NCCCn2ccc3ccccc32)cc1OC. The van der Waals surface area contributed by atoms with Crippen molar-refractivity contribution in [2.24, 2.45) is 10.7 Å². The third kappa shape index (κ3) is 4.08. The predicted molar refractivity (Wildman–Crippen MR) is 106 cm³/mol. The fourth-order valence-corrected chi connectivity index (χ4v) is 2.88. The van der Waals surface area contributed by atoms with Gasteiger partial charge in [-0.15, -0.1) is 0 Å². The molecule has 1 aromatic heterocycles. The zero-order valence-electron chi connectivity index (χ0n) is 15.1. The van der Waals surface area contributed by atoms with Gasteiger partial charge in [0.15, 0.2) is 17.5 Å². The van der Waals surface area contributed by atoms with Crippen molar-refractivity contribution in [3.05, 3.63) is 54.7 Å². The standard InChI is InChI=1S/C20H24N4O2/c1-25-18-9-8-16(14-19(18)26-2)23-20(21)22-11-5-12-24-13-10-15-6-3-4-7-17(15)24/h3-4,6-10,13-14H,5,11-12H2,1-2H3,(H3,21,22,23). The first-order valence-electron chi connectivity index (χ1n) is 8.54. The van der Waals surface area contributed by atoms with Crippen LogP contribution in [0.1, 0.15) is 6.42 Å². The number of aryl methyl sites for hydroxylation is 1. The number of anilines is 1. The molecule has 0 bridgehead atoms. The van der Waals surface area contributed by atoms with E-state index in [9.17, 15) is 0 Å². The molecule has 3 aromatic rings. The molecule has 0 radical (unpaired) electrons. The Labute approximate surface area is 153 Å². The molecule has 26 heavy (non-hydrogen) atoms. The van der Waals surface area contributed by atoms with Crippen LogP contribution in [0.3, 0.4) is 0 Å². The minimum atomic E-state index is 0.384. The molecule has 0 unspecified atom stereocenters. The Hall–Kier alpha value is -3.15. The molecule has 6 heteroatoms.